The number of hydrogen-bond acceptors (Lipinski definition) is 7. The molecule has 3 aromatic rings. The van der Waals surface area contributed by atoms with E-state index < -0.39 is 48.1 Å². The van der Waals surface area contributed by atoms with Gasteiger partial charge >= 0.3 is 6.16 Å². The summed E-state index contributed by atoms with van der Waals surface area (Å²) in [5.74, 6) is -2.70. The fourth-order valence-corrected chi connectivity index (χ4v) is 5.14. The van der Waals surface area contributed by atoms with E-state index in [1.807, 2.05) is 35.3 Å². The van der Waals surface area contributed by atoms with E-state index in [0.29, 0.717) is 30.4 Å². The second-order valence-electron chi connectivity index (χ2n) is 9.01. The van der Waals surface area contributed by atoms with Crippen molar-refractivity contribution in [1.29, 1.82) is 0 Å². The highest BCUT2D eigenvalue weighted by Crippen LogP contribution is 2.39. The fourth-order valence-electron chi connectivity index (χ4n) is 5.14. The molecule has 38 heavy (non-hydrogen) atoms. The Balaban J connectivity index is 1.73. The third kappa shape index (κ3) is 4.33. The standard InChI is InChI=1S/C27H25F2N3O6/c1-30-22-10-6-9-17-13-19(28)20(29)14-18(17)23(16-7-4-3-5-8-16)32(22)31-12-11-21(33)25(24(31)26(30)34)37-15-38-27(35)36-2/h3-5,7-8,11-14,22-23H,6,9-10,15H2,1-2H3/t22?,23-/m1/s1. The van der Waals surface area contributed by atoms with Crippen LogP contribution in [0.15, 0.2) is 59.5 Å². The number of ether oxygens (including phenoxy) is 3. The summed E-state index contributed by atoms with van der Waals surface area (Å²) in [6, 6.07) is 12.3. The maximum Gasteiger partial charge on any atom is 0.510 e. The Morgan fingerprint density at radius 3 is 2.55 bits per heavy atom. The molecule has 0 bridgehead atoms. The molecule has 0 radical (unpaired) electrons. The number of fused-ring (bicyclic) bond motifs is 4. The number of rotatable bonds is 4. The van der Waals surface area contributed by atoms with Crippen molar-refractivity contribution in [1.82, 2.24) is 9.58 Å². The second kappa shape index (κ2) is 10.2. The van der Waals surface area contributed by atoms with Crippen LogP contribution in [0.5, 0.6) is 5.75 Å². The van der Waals surface area contributed by atoms with E-state index in [1.54, 1.807) is 7.05 Å². The fraction of sp³-hybridized carbons (Fsp3) is 0.296. The van der Waals surface area contributed by atoms with Gasteiger partial charge in [0.05, 0.1) is 13.2 Å². The number of aromatic nitrogens is 1. The molecule has 0 saturated heterocycles. The third-order valence-electron chi connectivity index (χ3n) is 6.87. The third-order valence-corrected chi connectivity index (χ3v) is 6.87. The minimum atomic E-state index is -1.02. The number of benzene rings is 2. The Morgan fingerprint density at radius 1 is 1.08 bits per heavy atom. The normalized spacial score (nSPS) is 18.5. The van der Waals surface area contributed by atoms with Crippen molar-refractivity contribution in [3.8, 4) is 5.75 Å². The molecule has 5 rings (SSSR count). The number of halogens is 2. The first-order valence-corrected chi connectivity index (χ1v) is 12.0. The molecule has 9 nitrogen and oxygen atoms in total. The summed E-state index contributed by atoms with van der Waals surface area (Å²) in [6.07, 6.45) is 1.58. The topological polar surface area (TPSA) is 90.3 Å². The number of carbonyl (C=O) groups is 2. The molecule has 11 heteroatoms. The van der Waals surface area contributed by atoms with Crippen LogP contribution in [-0.2, 0) is 15.9 Å². The molecule has 198 valence electrons. The van der Waals surface area contributed by atoms with Crippen LogP contribution < -0.4 is 15.2 Å². The maximum absolute atomic E-state index is 14.7. The largest absolute Gasteiger partial charge is 0.510 e. The number of hydrogen-bond donors (Lipinski definition) is 0. The average Bonchev–Trinajstić information content (AvgIpc) is 2.91. The summed E-state index contributed by atoms with van der Waals surface area (Å²) >= 11 is 0. The Bertz CT molecular complexity index is 1440. The first kappa shape index (κ1) is 25.2. The van der Waals surface area contributed by atoms with E-state index in [1.165, 1.54) is 34.0 Å². The van der Waals surface area contributed by atoms with Crippen molar-refractivity contribution >= 4 is 12.1 Å². The van der Waals surface area contributed by atoms with Crippen LogP contribution >= 0.6 is 0 Å². The van der Waals surface area contributed by atoms with Crippen LogP contribution in [0.2, 0.25) is 0 Å². The van der Waals surface area contributed by atoms with Gasteiger partial charge in [-0.05, 0) is 48.1 Å². The summed E-state index contributed by atoms with van der Waals surface area (Å²) in [5, 5.41) is 1.87. The molecule has 0 N–H and O–H groups in total. The number of carbonyl (C=O) groups excluding carboxylic acids is 2. The number of pyridine rings is 1. The van der Waals surface area contributed by atoms with E-state index >= 15 is 0 Å². The van der Waals surface area contributed by atoms with Gasteiger partial charge < -0.3 is 19.1 Å². The van der Waals surface area contributed by atoms with Gasteiger partial charge in [-0.15, -0.1) is 0 Å². The van der Waals surface area contributed by atoms with Gasteiger partial charge in [-0.25, -0.2) is 13.6 Å². The Hall–Kier alpha value is -4.41. The molecule has 0 spiro atoms. The molecule has 2 aliphatic rings. The molecule has 0 fully saturated rings. The minimum absolute atomic E-state index is 0.0876. The van der Waals surface area contributed by atoms with Gasteiger partial charge in [-0.2, -0.15) is 0 Å². The molecule has 3 heterocycles. The van der Waals surface area contributed by atoms with E-state index in [2.05, 4.69) is 4.74 Å². The number of aryl methyl sites for hydroxylation is 1. The van der Waals surface area contributed by atoms with Gasteiger partial charge in [-0.1, -0.05) is 30.3 Å². The van der Waals surface area contributed by atoms with Crippen molar-refractivity contribution in [2.24, 2.45) is 0 Å². The van der Waals surface area contributed by atoms with Gasteiger partial charge in [0.15, 0.2) is 17.3 Å². The van der Waals surface area contributed by atoms with Crippen LogP contribution in [0.3, 0.4) is 0 Å². The number of amides is 1. The molecule has 1 amide bonds. The predicted molar refractivity (Wildman–Crippen MR) is 131 cm³/mol. The highest BCUT2D eigenvalue weighted by atomic mass is 19.2. The maximum atomic E-state index is 14.7. The highest BCUT2D eigenvalue weighted by Gasteiger charge is 2.43. The Labute approximate surface area is 216 Å². The van der Waals surface area contributed by atoms with E-state index in [9.17, 15) is 23.2 Å². The Morgan fingerprint density at radius 2 is 1.82 bits per heavy atom. The summed E-state index contributed by atoms with van der Waals surface area (Å²) in [4.78, 5) is 39.3. The van der Waals surface area contributed by atoms with Crippen molar-refractivity contribution < 1.29 is 32.6 Å². The molecule has 2 aliphatic heterocycles. The lowest BCUT2D eigenvalue weighted by Gasteiger charge is -2.50. The number of methoxy groups -OCH3 is 1. The lowest BCUT2D eigenvalue weighted by Crippen LogP contribution is -2.61. The van der Waals surface area contributed by atoms with Crippen molar-refractivity contribution in [2.45, 2.75) is 31.5 Å². The zero-order chi connectivity index (χ0) is 27.0. The molecule has 2 atom stereocenters. The molecule has 0 saturated carbocycles. The van der Waals surface area contributed by atoms with E-state index in [-0.39, 0.29) is 11.4 Å². The SMILES string of the molecule is COC(=O)OCOc1c2n(ccc1=O)N1C(CCCc3cc(F)c(F)cc3[C@H]1c1ccccc1)N(C)C2=O. The van der Waals surface area contributed by atoms with Gasteiger partial charge in [0.1, 0.15) is 6.17 Å². The average molecular weight is 526 g/mol. The second-order valence-corrected chi connectivity index (χ2v) is 9.01. The van der Waals surface area contributed by atoms with Crippen LogP contribution in [-0.4, -0.2) is 48.8 Å². The number of nitrogens with zero attached hydrogens (tertiary/aromatic N) is 3. The van der Waals surface area contributed by atoms with Gasteiger partial charge in [0.25, 0.3) is 5.91 Å². The van der Waals surface area contributed by atoms with Crippen molar-refractivity contribution in [2.75, 3.05) is 26.0 Å². The molecular weight excluding hydrogens is 500 g/mol. The minimum Gasteiger partial charge on any atom is -0.451 e. The van der Waals surface area contributed by atoms with Crippen LogP contribution in [0.25, 0.3) is 0 Å². The lowest BCUT2D eigenvalue weighted by atomic mass is 9.88. The zero-order valence-electron chi connectivity index (χ0n) is 20.7. The van der Waals surface area contributed by atoms with Crippen molar-refractivity contribution in [3.05, 3.63) is 99.0 Å². The van der Waals surface area contributed by atoms with Crippen LogP contribution in [0.4, 0.5) is 13.6 Å². The van der Waals surface area contributed by atoms with Gasteiger partial charge in [0, 0.05) is 19.3 Å². The first-order valence-electron chi connectivity index (χ1n) is 12.0. The summed E-state index contributed by atoms with van der Waals surface area (Å²) in [5.41, 5.74) is 1.29. The Kier molecular flexibility index (Phi) is 6.75. The van der Waals surface area contributed by atoms with Crippen molar-refractivity contribution in [3.63, 3.8) is 0 Å². The molecule has 1 unspecified atom stereocenters. The molecule has 0 aliphatic carbocycles. The quantitative estimate of drug-likeness (QED) is 0.379. The smallest absolute Gasteiger partial charge is 0.451 e. The summed E-state index contributed by atoms with van der Waals surface area (Å²) in [7, 11) is 2.74. The predicted octanol–water partition coefficient (Wildman–Crippen LogP) is 3.72. The van der Waals surface area contributed by atoms with E-state index in [0.717, 1.165) is 12.7 Å². The molecule has 2 aromatic carbocycles. The zero-order valence-corrected chi connectivity index (χ0v) is 20.7. The first-order chi connectivity index (χ1) is 18.3. The van der Waals surface area contributed by atoms with Crippen LogP contribution in [0, 0.1) is 11.6 Å². The van der Waals surface area contributed by atoms with Gasteiger partial charge in [0.2, 0.25) is 18.0 Å². The monoisotopic (exact) mass is 525 g/mol. The lowest BCUT2D eigenvalue weighted by molar-refractivity contribution is 0.0131. The molecule has 1 aromatic heterocycles. The van der Waals surface area contributed by atoms with Gasteiger partial charge in [-0.3, -0.25) is 19.3 Å². The highest BCUT2D eigenvalue weighted by molar-refractivity contribution is 5.96. The van der Waals surface area contributed by atoms with Crippen LogP contribution in [0.1, 0.15) is 46.1 Å². The summed E-state index contributed by atoms with van der Waals surface area (Å²) < 4.78 is 45.1. The summed E-state index contributed by atoms with van der Waals surface area (Å²) in [6.45, 7) is -0.658. The molecular formula is C27H25F2N3O6. The van der Waals surface area contributed by atoms with E-state index in [4.69, 9.17) is 9.47 Å².